The zero-order valence-electron chi connectivity index (χ0n) is 17.6. The summed E-state index contributed by atoms with van der Waals surface area (Å²) in [4.78, 5) is 2.27. The zero-order chi connectivity index (χ0) is 21.2. The lowest BCUT2D eigenvalue weighted by molar-refractivity contribution is 0.0982. The molecule has 2 aromatic carbocycles. The molecule has 0 amide bonds. The van der Waals surface area contributed by atoms with Crippen molar-refractivity contribution in [2.24, 2.45) is 0 Å². The number of nitrogens with zero attached hydrogens (tertiary/aromatic N) is 2. The highest BCUT2D eigenvalue weighted by molar-refractivity contribution is 5.19. The van der Waals surface area contributed by atoms with Crippen LogP contribution in [-0.2, 0) is 24.2 Å². The fourth-order valence-corrected chi connectivity index (χ4v) is 3.72. The molecule has 1 atom stereocenters. The summed E-state index contributed by atoms with van der Waals surface area (Å²) in [6, 6.07) is 20.9. The molecule has 0 unspecified atom stereocenters. The molecule has 30 heavy (non-hydrogen) atoms. The van der Waals surface area contributed by atoms with Gasteiger partial charge in [0.05, 0.1) is 6.10 Å². The van der Waals surface area contributed by atoms with Crippen LogP contribution in [0, 0.1) is 5.82 Å². The van der Waals surface area contributed by atoms with E-state index < -0.39 is 6.10 Å². The Bertz CT molecular complexity index is 882. The number of hydrogen-bond donors (Lipinski definition) is 1. The van der Waals surface area contributed by atoms with Gasteiger partial charge in [-0.15, -0.1) is 0 Å². The van der Waals surface area contributed by atoms with Crippen LogP contribution in [0.1, 0.15) is 23.2 Å². The molecule has 0 aliphatic carbocycles. The second kappa shape index (κ2) is 11.6. The van der Waals surface area contributed by atoms with Gasteiger partial charge in [-0.1, -0.05) is 42.5 Å². The first-order valence-electron chi connectivity index (χ1n) is 10.5. The van der Waals surface area contributed by atoms with Gasteiger partial charge in [0.2, 0.25) is 0 Å². The molecule has 4 nitrogen and oxygen atoms in total. The van der Waals surface area contributed by atoms with E-state index in [1.165, 1.54) is 6.07 Å². The van der Waals surface area contributed by atoms with Crippen LogP contribution in [0.5, 0.6) is 0 Å². The smallest absolute Gasteiger partial charge is 0.123 e. The molecule has 0 bridgehead atoms. The maximum absolute atomic E-state index is 13.5. The van der Waals surface area contributed by atoms with Crippen molar-refractivity contribution in [1.82, 2.24) is 9.47 Å². The zero-order valence-corrected chi connectivity index (χ0v) is 17.6. The molecule has 0 saturated heterocycles. The quantitative estimate of drug-likeness (QED) is 0.457. The molecule has 0 aliphatic rings. The van der Waals surface area contributed by atoms with Crippen LogP contribution in [-0.4, -0.2) is 47.5 Å². The summed E-state index contributed by atoms with van der Waals surface area (Å²) in [5.74, 6) is -0.216. The van der Waals surface area contributed by atoms with E-state index in [4.69, 9.17) is 4.74 Å². The molecular formula is C25H31FN2O2. The van der Waals surface area contributed by atoms with Crippen molar-refractivity contribution in [2.45, 2.75) is 32.0 Å². The topological polar surface area (TPSA) is 37.6 Å². The SMILES string of the molecule is COCCCN(Cc1cccn1Cc1cccc(F)c1)C[C@@H](O)Cc1ccccc1. The molecule has 0 spiro atoms. The lowest BCUT2D eigenvalue weighted by Gasteiger charge is -2.26. The Kier molecular flexibility index (Phi) is 8.63. The van der Waals surface area contributed by atoms with Gasteiger partial charge in [0, 0.05) is 51.8 Å². The van der Waals surface area contributed by atoms with Gasteiger partial charge in [-0.25, -0.2) is 4.39 Å². The second-order valence-corrected chi connectivity index (χ2v) is 7.68. The first-order valence-corrected chi connectivity index (χ1v) is 10.5. The summed E-state index contributed by atoms with van der Waals surface area (Å²) in [5.41, 5.74) is 3.21. The number of halogens is 1. The molecule has 1 heterocycles. The number of rotatable bonds is 12. The molecule has 0 saturated carbocycles. The van der Waals surface area contributed by atoms with Crippen LogP contribution in [0.3, 0.4) is 0 Å². The van der Waals surface area contributed by atoms with E-state index in [0.29, 0.717) is 26.1 Å². The van der Waals surface area contributed by atoms with Gasteiger partial charge in [0.25, 0.3) is 0 Å². The molecule has 0 fully saturated rings. The van der Waals surface area contributed by atoms with E-state index in [-0.39, 0.29) is 5.82 Å². The highest BCUT2D eigenvalue weighted by Gasteiger charge is 2.15. The molecule has 5 heteroatoms. The number of hydrogen-bond acceptors (Lipinski definition) is 3. The predicted molar refractivity (Wildman–Crippen MR) is 118 cm³/mol. The summed E-state index contributed by atoms with van der Waals surface area (Å²) < 4.78 is 20.9. The van der Waals surface area contributed by atoms with Gasteiger partial charge in [-0.2, -0.15) is 0 Å². The van der Waals surface area contributed by atoms with Crippen LogP contribution in [0.4, 0.5) is 4.39 Å². The van der Waals surface area contributed by atoms with Crippen molar-refractivity contribution in [1.29, 1.82) is 0 Å². The van der Waals surface area contributed by atoms with E-state index in [1.807, 2.05) is 48.7 Å². The number of aromatic nitrogens is 1. The van der Waals surface area contributed by atoms with Crippen LogP contribution >= 0.6 is 0 Å². The van der Waals surface area contributed by atoms with E-state index >= 15 is 0 Å². The minimum atomic E-state index is -0.443. The van der Waals surface area contributed by atoms with Crippen molar-refractivity contribution in [3.8, 4) is 0 Å². The highest BCUT2D eigenvalue weighted by Crippen LogP contribution is 2.13. The van der Waals surface area contributed by atoms with Crippen LogP contribution in [0.25, 0.3) is 0 Å². The Morgan fingerprint density at radius 1 is 1.03 bits per heavy atom. The molecule has 1 aromatic heterocycles. The van der Waals surface area contributed by atoms with Crippen molar-refractivity contribution in [3.05, 3.63) is 95.6 Å². The van der Waals surface area contributed by atoms with Crippen molar-refractivity contribution >= 4 is 0 Å². The number of benzene rings is 2. The molecule has 0 radical (unpaired) electrons. The van der Waals surface area contributed by atoms with Gasteiger partial charge in [-0.05, 0) is 48.2 Å². The number of ether oxygens (including phenoxy) is 1. The van der Waals surface area contributed by atoms with Gasteiger partial charge in [0.15, 0.2) is 0 Å². The van der Waals surface area contributed by atoms with Crippen LogP contribution in [0.15, 0.2) is 72.9 Å². The first kappa shape index (κ1) is 22.2. The fourth-order valence-electron chi connectivity index (χ4n) is 3.72. The Morgan fingerprint density at radius 3 is 2.60 bits per heavy atom. The fraction of sp³-hybridized carbons (Fsp3) is 0.360. The molecule has 160 valence electrons. The Labute approximate surface area is 178 Å². The monoisotopic (exact) mass is 410 g/mol. The Balaban J connectivity index is 1.65. The Morgan fingerprint density at radius 2 is 1.83 bits per heavy atom. The molecule has 3 aromatic rings. The summed E-state index contributed by atoms with van der Waals surface area (Å²) in [7, 11) is 1.71. The van der Waals surface area contributed by atoms with Gasteiger partial charge >= 0.3 is 0 Å². The lowest BCUT2D eigenvalue weighted by Crippen LogP contribution is -2.35. The maximum Gasteiger partial charge on any atom is 0.123 e. The second-order valence-electron chi connectivity index (χ2n) is 7.68. The molecular weight excluding hydrogens is 379 g/mol. The average molecular weight is 411 g/mol. The summed E-state index contributed by atoms with van der Waals surface area (Å²) >= 11 is 0. The van der Waals surface area contributed by atoms with Gasteiger partial charge in [-0.3, -0.25) is 4.90 Å². The number of aliphatic hydroxyl groups excluding tert-OH is 1. The van der Waals surface area contributed by atoms with E-state index in [9.17, 15) is 9.50 Å². The third-order valence-electron chi connectivity index (χ3n) is 5.16. The minimum absolute atomic E-state index is 0.216. The average Bonchev–Trinajstić information content (AvgIpc) is 3.15. The molecule has 1 N–H and O–H groups in total. The van der Waals surface area contributed by atoms with Gasteiger partial charge < -0.3 is 14.4 Å². The summed E-state index contributed by atoms with van der Waals surface area (Å²) in [5, 5.41) is 10.7. The molecule has 3 rings (SSSR count). The minimum Gasteiger partial charge on any atom is -0.391 e. The largest absolute Gasteiger partial charge is 0.391 e. The normalized spacial score (nSPS) is 12.4. The predicted octanol–water partition coefficient (Wildman–Crippen LogP) is 4.12. The van der Waals surface area contributed by atoms with Crippen molar-refractivity contribution in [3.63, 3.8) is 0 Å². The van der Waals surface area contributed by atoms with Crippen LogP contribution in [0.2, 0.25) is 0 Å². The third kappa shape index (κ3) is 7.10. The summed E-state index contributed by atoms with van der Waals surface area (Å²) in [6.45, 7) is 3.46. The van der Waals surface area contributed by atoms with E-state index in [1.54, 1.807) is 19.2 Å². The van der Waals surface area contributed by atoms with Crippen LogP contribution < -0.4 is 0 Å². The van der Waals surface area contributed by atoms with Gasteiger partial charge in [0.1, 0.15) is 5.82 Å². The van der Waals surface area contributed by atoms with E-state index in [2.05, 4.69) is 15.5 Å². The van der Waals surface area contributed by atoms with E-state index in [0.717, 1.165) is 36.3 Å². The molecule has 0 aliphatic heterocycles. The van der Waals surface area contributed by atoms with Crippen molar-refractivity contribution < 1.29 is 14.2 Å². The first-order chi connectivity index (χ1) is 14.6. The van der Waals surface area contributed by atoms with Crippen molar-refractivity contribution in [2.75, 3.05) is 26.8 Å². The lowest BCUT2D eigenvalue weighted by atomic mass is 10.1. The maximum atomic E-state index is 13.5. The third-order valence-corrected chi connectivity index (χ3v) is 5.16. The standard InChI is InChI=1S/C25H31FN2O2/c1-30-15-7-13-27(20-25(29)17-21-8-3-2-4-9-21)19-24-12-6-14-28(24)18-22-10-5-11-23(26)16-22/h2-6,8-12,14,16,25,29H,7,13,15,17-20H2,1H3/t25-/m0/s1. The Hall–Kier alpha value is -2.47. The number of methoxy groups -OCH3 is 1. The summed E-state index contributed by atoms with van der Waals surface area (Å²) in [6.07, 6.45) is 3.11. The highest BCUT2D eigenvalue weighted by atomic mass is 19.1. The number of aliphatic hydroxyl groups is 1.